The number of amides is 2. The van der Waals surface area contributed by atoms with Crippen LogP contribution in [-0.2, 0) is 4.79 Å². The highest BCUT2D eigenvalue weighted by Gasteiger charge is 2.31. The van der Waals surface area contributed by atoms with Crippen LogP contribution >= 0.6 is 12.4 Å². The van der Waals surface area contributed by atoms with Crippen LogP contribution < -0.4 is 5.73 Å². The van der Waals surface area contributed by atoms with E-state index < -0.39 is 5.82 Å². The molecule has 1 aliphatic carbocycles. The summed E-state index contributed by atoms with van der Waals surface area (Å²) in [6.07, 6.45) is 3.69. The Kier molecular flexibility index (Phi) is 6.79. The maximum atomic E-state index is 13.3. The van der Waals surface area contributed by atoms with Gasteiger partial charge in [0.15, 0.2) is 0 Å². The molecule has 25 heavy (non-hydrogen) atoms. The Bertz CT molecular complexity index is 620. The molecule has 7 heteroatoms. The second kappa shape index (κ2) is 8.63. The van der Waals surface area contributed by atoms with Crippen molar-refractivity contribution in [2.45, 2.75) is 31.7 Å². The third-order valence-electron chi connectivity index (χ3n) is 5.01. The molecule has 2 atom stereocenters. The Morgan fingerprint density at radius 3 is 2.40 bits per heavy atom. The van der Waals surface area contributed by atoms with Crippen LogP contribution in [0.5, 0.6) is 0 Å². The molecule has 5 nitrogen and oxygen atoms in total. The molecule has 0 radical (unpaired) electrons. The Hall–Kier alpha value is -1.66. The average molecular weight is 370 g/mol. The van der Waals surface area contributed by atoms with Crippen LogP contribution in [0.1, 0.15) is 36.0 Å². The van der Waals surface area contributed by atoms with Gasteiger partial charge in [0.2, 0.25) is 5.91 Å². The van der Waals surface area contributed by atoms with Gasteiger partial charge in [0.1, 0.15) is 5.82 Å². The third kappa shape index (κ3) is 4.70. The number of carbonyl (C=O) groups is 2. The normalized spacial score (nSPS) is 23.8. The molecule has 1 aliphatic heterocycles. The smallest absolute Gasteiger partial charge is 0.254 e. The number of hydrogen-bond acceptors (Lipinski definition) is 3. The van der Waals surface area contributed by atoms with E-state index in [1.165, 1.54) is 18.2 Å². The highest BCUT2D eigenvalue weighted by molar-refractivity contribution is 5.94. The van der Waals surface area contributed by atoms with E-state index in [1.807, 2.05) is 4.90 Å². The first-order valence-electron chi connectivity index (χ1n) is 8.64. The van der Waals surface area contributed by atoms with Gasteiger partial charge < -0.3 is 15.5 Å². The van der Waals surface area contributed by atoms with Crippen molar-refractivity contribution in [2.75, 3.05) is 26.2 Å². The molecular weight excluding hydrogens is 345 g/mol. The van der Waals surface area contributed by atoms with E-state index in [2.05, 4.69) is 0 Å². The lowest BCUT2D eigenvalue weighted by Crippen LogP contribution is -2.52. The molecular formula is C18H25ClFN3O2. The predicted molar refractivity (Wildman–Crippen MR) is 96.1 cm³/mol. The molecule has 1 aromatic rings. The summed E-state index contributed by atoms with van der Waals surface area (Å²) in [6.45, 7) is 2.04. The number of carbonyl (C=O) groups excluding carboxylic acids is 2. The molecule has 2 N–H and O–H groups in total. The van der Waals surface area contributed by atoms with E-state index in [4.69, 9.17) is 5.73 Å². The van der Waals surface area contributed by atoms with E-state index in [0.717, 1.165) is 25.7 Å². The molecule has 2 amide bonds. The van der Waals surface area contributed by atoms with Gasteiger partial charge in [-0.15, -0.1) is 12.4 Å². The molecule has 1 heterocycles. The summed E-state index contributed by atoms with van der Waals surface area (Å²) in [5.74, 6) is -0.396. The van der Waals surface area contributed by atoms with Crippen LogP contribution in [0.4, 0.5) is 4.39 Å². The largest absolute Gasteiger partial charge is 0.339 e. The van der Waals surface area contributed by atoms with Gasteiger partial charge in [-0.1, -0.05) is 12.5 Å². The Morgan fingerprint density at radius 1 is 1.08 bits per heavy atom. The van der Waals surface area contributed by atoms with Gasteiger partial charge in [0, 0.05) is 43.7 Å². The Labute approximate surface area is 153 Å². The third-order valence-corrected chi connectivity index (χ3v) is 5.01. The summed E-state index contributed by atoms with van der Waals surface area (Å²) in [5.41, 5.74) is 6.33. The quantitative estimate of drug-likeness (QED) is 0.867. The van der Waals surface area contributed by atoms with Crippen molar-refractivity contribution >= 4 is 24.2 Å². The lowest BCUT2D eigenvalue weighted by Gasteiger charge is -2.37. The lowest BCUT2D eigenvalue weighted by atomic mass is 9.85. The van der Waals surface area contributed by atoms with Gasteiger partial charge in [-0.3, -0.25) is 9.59 Å². The SMILES string of the molecule is Cl.NC1CCCC(C(=O)N2CCN(C(=O)c3cccc(F)c3)CC2)C1. The molecule has 2 fully saturated rings. The van der Waals surface area contributed by atoms with Crippen molar-refractivity contribution in [1.82, 2.24) is 9.80 Å². The fraction of sp³-hybridized carbons (Fsp3) is 0.556. The maximum Gasteiger partial charge on any atom is 0.254 e. The lowest BCUT2D eigenvalue weighted by molar-refractivity contribution is -0.138. The van der Waals surface area contributed by atoms with Crippen molar-refractivity contribution in [2.24, 2.45) is 11.7 Å². The van der Waals surface area contributed by atoms with Crippen LogP contribution in [0.15, 0.2) is 24.3 Å². The van der Waals surface area contributed by atoms with Gasteiger partial charge >= 0.3 is 0 Å². The highest BCUT2D eigenvalue weighted by atomic mass is 35.5. The minimum atomic E-state index is -0.414. The van der Waals surface area contributed by atoms with Crippen molar-refractivity contribution in [3.05, 3.63) is 35.6 Å². The second-order valence-corrected chi connectivity index (χ2v) is 6.75. The van der Waals surface area contributed by atoms with Gasteiger partial charge in [0.05, 0.1) is 0 Å². The standard InChI is InChI=1S/C18H24FN3O2.ClH/c19-15-5-1-3-13(11-15)17(23)21-7-9-22(10-8-21)18(24)14-4-2-6-16(20)12-14;/h1,3,5,11,14,16H,2,4,6-10,12,20H2;1H. The fourth-order valence-corrected chi connectivity index (χ4v) is 3.64. The molecule has 1 saturated heterocycles. The van der Waals surface area contributed by atoms with Crippen LogP contribution in [0.2, 0.25) is 0 Å². The molecule has 138 valence electrons. The first-order chi connectivity index (χ1) is 11.5. The predicted octanol–water partition coefficient (Wildman–Crippen LogP) is 2.05. The minimum Gasteiger partial charge on any atom is -0.339 e. The first-order valence-corrected chi connectivity index (χ1v) is 8.64. The van der Waals surface area contributed by atoms with Crippen molar-refractivity contribution in [3.8, 4) is 0 Å². The van der Waals surface area contributed by atoms with Crippen molar-refractivity contribution < 1.29 is 14.0 Å². The van der Waals surface area contributed by atoms with Gasteiger partial charge in [0.25, 0.3) is 5.91 Å². The molecule has 2 aliphatic rings. The second-order valence-electron chi connectivity index (χ2n) is 6.75. The molecule has 3 rings (SSSR count). The summed E-state index contributed by atoms with van der Waals surface area (Å²) >= 11 is 0. The number of hydrogen-bond donors (Lipinski definition) is 1. The number of benzene rings is 1. The van der Waals surface area contributed by atoms with E-state index in [1.54, 1.807) is 11.0 Å². The average Bonchev–Trinajstić information content (AvgIpc) is 2.60. The summed E-state index contributed by atoms with van der Waals surface area (Å²) < 4.78 is 13.3. The van der Waals surface area contributed by atoms with Gasteiger partial charge in [-0.2, -0.15) is 0 Å². The van der Waals surface area contributed by atoms with Crippen molar-refractivity contribution in [1.29, 1.82) is 0 Å². The Morgan fingerprint density at radius 2 is 1.76 bits per heavy atom. The first kappa shape index (κ1) is 19.7. The van der Waals surface area contributed by atoms with Gasteiger partial charge in [-0.05, 0) is 37.5 Å². The minimum absolute atomic E-state index is 0. The van der Waals surface area contributed by atoms with Crippen LogP contribution in [-0.4, -0.2) is 53.8 Å². The van der Waals surface area contributed by atoms with Crippen LogP contribution in [0.25, 0.3) is 0 Å². The van der Waals surface area contributed by atoms with Crippen LogP contribution in [0.3, 0.4) is 0 Å². The van der Waals surface area contributed by atoms with Crippen molar-refractivity contribution in [3.63, 3.8) is 0 Å². The molecule has 1 saturated carbocycles. The maximum absolute atomic E-state index is 13.3. The van der Waals surface area contributed by atoms with E-state index in [0.29, 0.717) is 31.7 Å². The number of rotatable bonds is 2. The van der Waals surface area contributed by atoms with E-state index >= 15 is 0 Å². The molecule has 0 aromatic heterocycles. The monoisotopic (exact) mass is 369 g/mol. The summed E-state index contributed by atoms with van der Waals surface area (Å²) in [7, 11) is 0. The number of halogens is 2. The zero-order chi connectivity index (χ0) is 17.1. The molecule has 1 aromatic carbocycles. The van der Waals surface area contributed by atoms with Gasteiger partial charge in [-0.25, -0.2) is 4.39 Å². The van der Waals surface area contributed by atoms with E-state index in [9.17, 15) is 14.0 Å². The summed E-state index contributed by atoms with van der Waals surface area (Å²) in [4.78, 5) is 28.6. The highest BCUT2D eigenvalue weighted by Crippen LogP contribution is 2.25. The molecule has 0 spiro atoms. The number of nitrogens with two attached hydrogens (primary N) is 1. The number of piperazine rings is 1. The number of nitrogens with zero attached hydrogens (tertiary/aromatic N) is 2. The zero-order valence-corrected chi connectivity index (χ0v) is 15.0. The summed E-state index contributed by atoms with van der Waals surface area (Å²) in [5, 5.41) is 0. The van der Waals surface area contributed by atoms with Crippen LogP contribution in [0, 0.1) is 11.7 Å². The van der Waals surface area contributed by atoms with E-state index in [-0.39, 0.29) is 36.2 Å². The molecule has 2 unspecified atom stereocenters. The topological polar surface area (TPSA) is 66.6 Å². The fourth-order valence-electron chi connectivity index (χ4n) is 3.64. The summed E-state index contributed by atoms with van der Waals surface area (Å²) in [6, 6.07) is 5.86. The zero-order valence-electron chi connectivity index (χ0n) is 14.2. The Balaban J connectivity index is 0.00000225. The molecule has 0 bridgehead atoms.